The van der Waals surface area contributed by atoms with Crippen molar-refractivity contribution in [1.29, 1.82) is 0 Å². The minimum absolute atomic E-state index is 0.285. The highest BCUT2D eigenvalue weighted by Crippen LogP contribution is 2.24. The van der Waals surface area contributed by atoms with Gasteiger partial charge in [-0.05, 0) is 32.0 Å². The number of benzene rings is 1. The Morgan fingerprint density at radius 2 is 2.22 bits per heavy atom. The molecule has 1 aromatic rings. The summed E-state index contributed by atoms with van der Waals surface area (Å²) < 4.78 is 11.0. The predicted molar refractivity (Wildman–Crippen MR) is 72.7 cm³/mol. The molecule has 1 saturated heterocycles. The van der Waals surface area contributed by atoms with Gasteiger partial charge in [0, 0.05) is 30.4 Å². The van der Waals surface area contributed by atoms with Crippen LogP contribution in [0.5, 0.6) is 5.75 Å². The maximum absolute atomic E-state index is 5.85. The molecule has 1 fully saturated rings. The maximum Gasteiger partial charge on any atom is 0.123 e. The number of hydrogen-bond donors (Lipinski definition) is 1. The molecular formula is C14H22N2O2. The lowest BCUT2D eigenvalue weighted by atomic mass is 10.1. The first-order valence-electron chi connectivity index (χ1n) is 6.38. The fourth-order valence-electron chi connectivity index (χ4n) is 2.33. The van der Waals surface area contributed by atoms with E-state index in [1.165, 1.54) is 0 Å². The summed E-state index contributed by atoms with van der Waals surface area (Å²) in [5.74, 6) is 0.899. The Kier molecular flexibility index (Phi) is 4.09. The fraction of sp³-hybridized carbons (Fsp3) is 0.571. The van der Waals surface area contributed by atoms with Crippen molar-refractivity contribution in [2.24, 2.45) is 0 Å². The SMILES string of the molecule is COc1ccc(N)cc1CN1CC(C)OCC1C. The van der Waals surface area contributed by atoms with E-state index >= 15 is 0 Å². The molecule has 1 heterocycles. The Morgan fingerprint density at radius 3 is 2.94 bits per heavy atom. The summed E-state index contributed by atoms with van der Waals surface area (Å²) in [6, 6.07) is 6.21. The average Bonchev–Trinajstić information content (AvgIpc) is 2.34. The maximum atomic E-state index is 5.85. The Hall–Kier alpha value is -1.26. The van der Waals surface area contributed by atoms with Gasteiger partial charge in [-0.25, -0.2) is 0 Å². The predicted octanol–water partition coefficient (Wildman–Crippen LogP) is 1.89. The van der Waals surface area contributed by atoms with Crippen LogP contribution in [0.1, 0.15) is 19.4 Å². The zero-order valence-corrected chi connectivity index (χ0v) is 11.3. The zero-order chi connectivity index (χ0) is 13.1. The summed E-state index contributed by atoms with van der Waals surface area (Å²) >= 11 is 0. The zero-order valence-electron chi connectivity index (χ0n) is 11.3. The molecule has 4 heteroatoms. The van der Waals surface area contributed by atoms with Crippen molar-refractivity contribution in [3.05, 3.63) is 23.8 Å². The summed E-state index contributed by atoms with van der Waals surface area (Å²) in [7, 11) is 1.69. The molecule has 0 amide bonds. The van der Waals surface area contributed by atoms with Crippen molar-refractivity contribution >= 4 is 5.69 Å². The van der Waals surface area contributed by atoms with Gasteiger partial charge in [0.1, 0.15) is 5.75 Å². The third-order valence-electron chi connectivity index (χ3n) is 3.41. The largest absolute Gasteiger partial charge is 0.496 e. The van der Waals surface area contributed by atoms with Gasteiger partial charge >= 0.3 is 0 Å². The first-order valence-corrected chi connectivity index (χ1v) is 6.38. The lowest BCUT2D eigenvalue weighted by Gasteiger charge is -2.37. The van der Waals surface area contributed by atoms with Gasteiger partial charge in [0.05, 0.1) is 19.8 Å². The molecule has 0 aromatic heterocycles. The second kappa shape index (κ2) is 5.59. The minimum Gasteiger partial charge on any atom is -0.496 e. The number of anilines is 1. The lowest BCUT2D eigenvalue weighted by molar-refractivity contribution is -0.0528. The van der Waals surface area contributed by atoms with Gasteiger partial charge in [-0.15, -0.1) is 0 Å². The average molecular weight is 250 g/mol. The van der Waals surface area contributed by atoms with E-state index in [2.05, 4.69) is 18.7 Å². The van der Waals surface area contributed by atoms with Crippen molar-refractivity contribution in [1.82, 2.24) is 4.90 Å². The highest BCUT2D eigenvalue weighted by atomic mass is 16.5. The van der Waals surface area contributed by atoms with Crippen LogP contribution in [0.15, 0.2) is 18.2 Å². The van der Waals surface area contributed by atoms with Crippen molar-refractivity contribution in [2.75, 3.05) is 26.0 Å². The van der Waals surface area contributed by atoms with Gasteiger partial charge < -0.3 is 15.2 Å². The van der Waals surface area contributed by atoms with Gasteiger partial charge in [-0.3, -0.25) is 4.90 Å². The molecule has 0 spiro atoms. The molecule has 4 nitrogen and oxygen atoms in total. The normalized spacial score (nSPS) is 25.1. The number of morpholine rings is 1. The van der Waals surface area contributed by atoms with Crippen LogP contribution >= 0.6 is 0 Å². The summed E-state index contributed by atoms with van der Waals surface area (Å²) in [5, 5.41) is 0. The lowest BCUT2D eigenvalue weighted by Crippen LogP contribution is -2.46. The number of hydrogen-bond acceptors (Lipinski definition) is 4. The van der Waals surface area contributed by atoms with E-state index in [-0.39, 0.29) is 6.10 Å². The molecule has 1 aromatic carbocycles. The van der Waals surface area contributed by atoms with E-state index in [1.54, 1.807) is 7.11 Å². The first-order chi connectivity index (χ1) is 8.60. The summed E-state index contributed by atoms with van der Waals surface area (Å²) in [6.45, 7) is 6.87. The Labute approximate surface area is 109 Å². The van der Waals surface area contributed by atoms with E-state index in [0.29, 0.717) is 6.04 Å². The minimum atomic E-state index is 0.285. The third-order valence-corrected chi connectivity index (χ3v) is 3.41. The monoisotopic (exact) mass is 250 g/mol. The number of nitrogens with zero attached hydrogens (tertiary/aromatic N) is 1. The molecule has 18 heavy (non-hydrogen) atoms. The summed E-state index contributed by atoms with van der Waals surface area (Å²) in [5.41, 5.74) is 7.77. The standard InChI is InChI=1S/C14H22N2O2/c1-10-9-18-11(2)7-16(10)8-12-6-13(15)4-5-14(12)17-3/h4-6,10-11H,7-9,15H2,1-3H3. The van der Waals surface area contributed by atoms with Crippen LogP contribution in [-0.2, 0) is 11.3 Å². The molecule has 1 aliphatic heterocycles. The van der Waals surface area contributed by atoms with Gasteiger partial charge in [0.2, 0.25) is 0 Å². The first kappa shape index (κ1) is 13.2. The second-order valence-corrected chi connectivity index (χ2v) is 4.99. The van der Waals surface area contributed by atoms with E-state index < -0.39 is 0 Å². The molecule has 1 aliphatic rings. The molecule has 2 N–H and O–H groups in total. The number of nitrogens with two attached hydrogens (primary N) is 1. The van der Waals surface area contributed by atoms with Crippen LogP contribution < -0.4 is 10.5 Å². The van der Waals surface area contributed by atoms with Crippen molar-refractivity contribution in [3.8, 4) is 5.75 Å². The molecule has 0 saturated carbocycles. The number of methoxy groups -OCH3 is 1. The molecule has 2 atom stereocenters. The fourth-order valence-corrected chi connectivity index (χ4v) is 2.33. The van der Waals surface area contributed by atoms with E-state index in [4.69, 9.17) is 15.2 Å². The van der Waals surface area contributed by atoms with Crippen LogP contribution in [0, 0.1) is 0 Å². The molecular weight excluding hydrogens is 228 g/mol. The van der Waals surface area contributed by atoms with Gasteiger partial charge in [0.25, 0.3) is 0 Å². The highest BCUT2D eigenvalue weighted by molar-refractivity contribution is 5.47. The smallest absolute Gasteiger partial charge is 0.123 e. The van der Waals surface area contributed by atoms with E-state index in [9.17, 15) is 0 Å². The van der Waals surface area contributed by atoms with Crippen LogP contribution in [0.25, 0.3) is 0 Å². The number of ether oxygens (including phenoxy) is 2. The number of rotatable bonds is 3. The third kappa shape index (κ3) is 2.94. The van der Waals surface area contributed by atoms with Crippen LogP contribution in [0.4, 0.5) is 5.69 Å². The van der Waals surface area contributed by atoms with Crippen LogP contribution in [-0.4, -0.2) is 37.3 Å². The highest BCUT2D eigenvalue weighted by Gasteiger charge is 2.24. The van der Waals surface area contributed by atoms with Gasteiger partial charge in [0.15, 0.2) is 0 Å². The summed E-state index contributed by atoms with van der Waals surface area (Å²) in [4.78, 5) is 2.41. The molecule has 0 aliphatic carbocycles. The molecule has 2 rings (SSSR count). The van der Waals surface area contributed by atoms with Crippen LogP contribution in [0.2, 0.25) is 0 Å². The molecule has 100 valence electrons. The molecule has 0 radical (unpaired) electrons. The van der Waals surface area contributed by atoms with Gasteiger partial charge in [-0.2, -0.15) is 0 Å². The Balaban J connectivity index is 2.14. The Morgan fingerprint density at radius 1 is 1.44 bits per heavy atom. The summed E-state index contributed by atoms with van der Waals surface area (Å²) in [6.07, 6.45) is 0.285. The molecule has 2 unspecified atom stereocenters. The number of nitrogen functional groups attached to an aromatic ring is 1. The quantitative estimate of drug-likeness (QED) is 0.832. The van der Waals surface area contributed by atoms with Gasteiger partial charge in [-0.1, -0.05) is 0 Å². The van der Waals surface area contributed by atoms with Crippen molar-refractivity contribution < 1.29 is 9.47 Å². The van der Waals surface area contributed by atoms with Crippen molar-refractivity contribution in [2.45, 2.75) is 32.5 Å². The van der Waals surface area contributed by atoms with E-state index in [1.807, 2.05) is 18.2 Å². The second-order valence-electron chi connectivity index (χ2n) is 4.99. The topological polar surface area (TPSA) is 47.7 Å². The Bertz CT molecular complexity index is 409. The molecule has 0 bridgehead atoms. The van der Waals surface area contributed by atoms with E-state index in [0.717, 1.165) is 36.7 Å². The van der Waals surface area contributed by atoms with Crippen molar-refractivity contribution in [3.63, 3.8) is 0 Å². The van der Waals surface area contributed by atoms with Crippen LogP contribution in [0.3, 0.4) is 0 Å².